The van der Waals surface area contributed by atoms with E-state index in [1.807, 2.05) is 63.8 Å². The highest BCUT2D eigenvalue weighted by Gasteiger charge is 2.35. The summed E-state index contributed by atoms with van der Waals surface area (Å²) >= 11 is 0. The van der Waals surface area contributed by atoms with Crippen molar-refractivity contribution >= 4 is 17.7 Å². The number of amides is 3. The summed E-state index contributed by atoms with van der Waals surface area (Å²) in [6, 6.07) is 5.96. The first-order valence-electron chi connectivity index (χ1n) is 14.0. The molecular weight excluding hydrogens is 484 g/mol. The minimum atomic E-state index is -0.919. The first kappa shape index (κ1) is 29.9. The Morgan fingerprint density at radius 2 is 1.84 bits per heavy atom. The zero-order chi connectivity index (χ0) is 27.9. The van der Waals surface area contributed by atoms with Crippen molar-refractivity contribution in [3.63, 3.8) is 0 Å². The quantitative estimate of drug-likeness (QED) is 0.463. The van der Waals surface area contributed by atoms with Crippen molar-refractivity contribution in [2.24, 2.45) is 5.92 Å². The van der Waals surface area contributed by atoms with Gasteiger partial charge in [-0.2, -0.15) is 0 Å². The fourth-order valence-electron chi connectivity index (χ4n) is 5.06. The molecule has 4 N–H and O–H groups in total. The highest BCUT2D eigenvalue weighted by molar-refractivity contribution is 5.88. The number of carbonyl (C=O) groups excluding carboxylic acids is 3. The number of carbonyl (C=O) groups is 3. The van der Waals surface area contributed by atoms with Gasteiger partial charge in [-0.3, -0.25) is 19.3 Å². The average Bonchev–Trinajstić information content (AvgIpc) is 2.85. The summed E-state index contributed by atoms with van der Waals surface area (Å²) in [4.78, 5) is 41.0. The van der Waals surface area contributed by atoms with Crippen molar-refractivity contribution in [2.75, 3.05) is 19.7 Å². The molecule has 3 aliphatic heterocycles. The minimum absolute atomic E-state index is 0.0336. The van der Waals surface area contributed by atoms with E-state index in [9.17, 15) is 19.5 Å². The van der Waals surface area contributed by atoms with E-state index in [-0.39, 0.29) is 48.2 Å². The summed E-state index contributed by atoms with van der Waals surface area (Å²) in [5, 5.41) is 20.4. The van der Waals surface area contributed by atoms with Gasteiger partial charge in [0.25, 0.3) is 0 Å². The molecule has 3 amide bonds. The molecule has 9 nitrogen and oxygen atoms in total. The summed E-state index contributed by atoms with van der Waals surface area (Å²) in [6.07, 6.45) is 2.92. The second-order valence-electron chi connectivity index (χ2n) is 12.0. The van der Waals surface area contributed by atoms with Crippen molar-refractivity contribution in [1.29, 1.82) is 0 Å². The van der Waals surface area contributed by atoms with E-state index in [2.05, 4.69) is 16.0 Å². The van der Waals surface area contributed by atoms with Crippen LogP contribution >= 0.6 is 0 Å². The molecule has 9 heteroatoms. The molecule has 1 saturated heterocycles. The zero-order valence-corrected chi connectivity index (χ0v) is 23.6. The van der Waals surface area contributed by atoms with Gasteiger partial charge in [0, 0.05) is 18.5 Å². The smallest absolute Gasteiger partial charge is 0.243 e. The summed E-state index contributed by atoms with van der Waals surface area (Å²) in [5.74, 6) is 0.0287. The van der Waals surface area contributed by atoms with E-state index in [1.165, 1.54) is 0 Å². The Morgan fingerprint density at radius 3 is 2.50 bits per heavy atom. The van der Waals surface area contributed by atoms with Crippen LogP contribution in [0.15, 0.2) is 24.3 Å². The van der Waals surface area contributed by atoms with E-state index in [0.29, 0.717) is 31.7 Å². The lowest BCUT2D eigenvalue weighted by atomic mass is 9.95. The van der Waals surface area contributed by atoms with Crippen LogP contribution in [0.3, 0.4) is 0 Å². The van der Waals surface area contributed by atoms with E-state index in [4.69, 9.17) is 4.74 Å². The number of nitrogens with zero attached hydrogens (tertiary/aromatic N) is 1. The first-order chi connectivity index (χ1) is 17.9. The number of hydrogen-bond donors (Lipinski definition) is 4. The van der Waals surface area contributed by atoms with Crippen molar-refractivity contribution in [1.82, 2.24) is 20.9 Å². The zero-order valence-electron chi connectivity index (χ0n) is 23.6. The van der Waals surface area contributed by atoms with Crippen LogP contribution < -0.4 is 20.7 Å². The number of ether oxygens (including phenoxy) is 1. The van der Waals surface area contributed by atoms with Crippen LogP contribution in [0.5, 0.6) is 5.75 Å². The highest BCUT2D eigenvalue weighted by Crippen LogP contribution is 2.21. The SMILES string of the molecule is CC(C)[C@@H]1NC(=O)CCCOc2ccc(cc2)C[C@@H]([C@H](O)CN2CCCC[C@H]2C(=O)NC(C)(C)C)NC1=O. The summed E-state index contributed by atoms with van der Waals surface area (Å²) in [6.45, 7) is 11.0. The van der Waals surface area contributed by atoms with Crippen molar-refractivity contribution in [3.05, 3.63) is 29.8 Å². The Bertz CT molecular complexity index is 943. The van der Waals surface area contributed by atoms with E-state index in [0.717, 1.165) is 24.8 Å². The van der Waals surface area contributed by atoms with Crippen LogP contribution in [-0.4, -0.2) is 77.2 Å². The number of benzene rings is 1. The third-order valence-electron chi connectivity index (χ3n) is 7.09. The maximum Gasteiger partial charge on any atom is 0.243 e. The number of aliphatic hydroxyl groups is 1. The summed E-state index contributed by atoms with van der Waals surface area (Å²) < 4.78 is 5.77. The van der Waals surface area contributed by atoms with Gasteiger partial charge in [0.05, 0.1) is 24.8 Å². The Kier molecular flexibility index (Phi) is 10.6. The third kappa shape index (κ3) is 8.98. The molecule has 0 radical (unpaired) electrons. The third-order valence-corrected chi connectivity index (χ3v) is 7.09. The van der Waals surface area contributed by atoms with Gasteiger partial charge in [-0.1, -0.05) is 32.4 Å². The number of rotatable bonds is 5. The summed E-state index contributed by atoms with van der Waals surface area (Å²) in [5.41, 5.74) is 0.602. The van der Waals surface area contributed by atoms with Crippen LogP contribution in [0.1, 0.15) is 72.3 Å². The van der Waals surface area contributed by atoms with Gasteiger partial charge in [0.2, 0.25) is 17.7 Å². The Labute approximate surface area is 227 Å². The molecule has 4 rings (SSSR count). The standard InChI is InChI=1S/C29H46N4O5/c1-19(2)26-28(37)30-22(17-20-11-13-21(14-12-20)38-16-8-10-25(35)31-26)24(34)18-33-15-7-6-9-23(33)27(36)32-29(3,4)5/h11-14,19,22-24,26,34H,6-10,15-18H2,1-5H3,(H,30,37)(H,31,35)(H,32,36)/t22-,23-,24+,26-/m0/s1. The number of aliphatic hydroxyl groups excluding tert-OH is 1. The average molecular weight is 531 g/mol. The van der Waals surface area contributed by atoms with Crippen LogP contribution in [-0.2, 0) is 20.8 Å². The lowest BCUT2D eigenvalue weighted by Gasteiger charge is -2.39. The van der Waals surface area contributed by atoms with Gasteiger partial charge in [0.15, 0.2) is 0 Å². The number of likely N-dealkylation sites (tertiary alicyclic amines) is 1. The maximum absolute atomic E-state index is 13.4. The molecule has 3 aliphatic rings. The number of β-amino-alcohol motifs (C(OH)–C–C–N with tert-alkyl or cyclic N) is 1. The molecular formula is C29H46N4O5. The molecule has 212 valence electrons. The van der Waals surface area contributed by atoms with Gasteiger partial charge in [-0.05, 0) is 76.6 Å². The molecule has 3 heterocycles. The number of fused-ring (bicyclic) bond motifs is 12. The van der Waals surface area contributed by atoms with E-state index < -0.39 is 18.2 Å². The van der Waals surface area contributed by atoms with Gasteiger partial charge < -0.3 is 25.8 Å². The molecule has 0 aliphatic carbocycles. The molecule has 1 aromatic carbocycles. The first-order valence-corrected chi connectivity index (χ1v) is 14.0. The van der Waals surface area contributed by atoms with Gasteiger partial charge in [-0.25, -0.2) is 0 Å². The molecule has 0 saturated carbocycles. The van der Waals surface area contributed by atoms with Crippen LogP contribution in [0.4, 0.5) is 0 Å². The number of piperidine rings is 1. The predicted molar refractivity (Wildman–Crippen MR) is 147 cm³/mol. The monoisotopic (exact) mass is 530 g/mol. The van der Waals surface area contributed by atoms with Crippen molar-refractivity contribution < 1.29 is 24.2 Å². The maximum atomic E-state index is 13.4. The summed E-state index contributed by atoms with van der Waals surface area (Å²) in [7, 11) is 0. The molecule has 0 spiro atoms. The lowest BCUT2D eigenvalue weighted by molar-refractivity contribution is -0.132. The van der Waals surface area contributed by atoms with E-state index >= 15 is 0 Å². The Morgan fingerprint density at radius 1 is 1.13 bits per heavy atom. The highest BCUT2D eigenvalue weighted by atomic mass is 16.5. The van der Waals surface area contributed by atoms with E-state index in [1.54, 1.807) is 0 Å². The largest absolute Gasteiger partial charge is 0.494 e. The van der Waals surface area contributed by atoms with Crippen molar-refractivity contribution in [2.45, 2.75) is 103 Å². The van der Waals surface area contributed by atoms with Gasteiger partial charge in [0.1, 0.15) is 11.8 Å². The lowest BCUT2D eigenvalue weighted by Crippen LogP contribution is -2.59. The van der Waals surface area contributed by atoms with Gasteiger partial charge in [-0.15, -0.1) is 0 Å². The number of hydrogen-bond acceptors (Lipinski definition) is 6. The molecule has 1 aromatic rings. The second-order valence-corrected chi connectivity index (χ2v) is 12.0. The van der Waals surface area contributed by atoms with Gasteiger partial charge >= 0.3 is 0 Å². The molecule has 0 aromatic heterocycles. The molecule has 4 atom stereocenters. The number of nitrogens with one attached hydrogen (secondary N) is 3. The minimum Gasteiger partial charge on any atom is -0.494 e. The fourth-order valence-corrected chi connectivity index (χ4v) is 5.06. The molecule has 0 unspecified atom stereocenters. The normalized spacial score (nSPS) is 25.0. The van der Waals surface area contributed by atoms with Crippen LogP contribution in [0.2, 0.25) is 0 Å². The van der Waals surface area contributed by atoms with Crippen LogP contribution in [0.25, 0.3) is 0 Å². The molecule has 1 fully saturated rings. The Balaban J connectivity index is 1.82. The second kappa shape index (κ2) is 13.4. The molecule has 2 bridgehead atoms. The molecule has 38 heavy (non-hydrogen) atoms. The Hall–Kier alpha value is -2.65. The van der Waals surface area contributed by atoms with Crippen molar-refractivity contribution in [3.8, 4) is 5.75 Å². The fraction of sp³-hybridized carbons (Fsp3) is 0.690. The topological polar surface area (TPSA) is 120 Å². The van der Waals surface area contributed by atoms with Crippen LogP contribution in [0, 0.1) is 5.92 Å². The predicted octanol–water partition coefficient (Wildman–Crippen LogP) is 2.16.